The third kappa shape index (κ3) is 2.35. The van der Waals surface area contributed by atoms with Gasteiger partial charge in [-0.15, -0.1) is 0 Å². The molecule has 1 fully saturated rings. The van der Waals surface area contributed by atoms with E-state index in [4.69, 9.17) is 5.73 Å². The molecule has 0 aromatic carbocycles. The number of nitro groups is 1. The quantitative estimate of drug-likeness (QED) is 0.615. The van der Waals surface area contributed by atoms with Crippen molar-refractivity contribution >= 4 is 17.3 Å². The standard InChI is InChI=1S/C11H17N5O2/c1-8-7-15(6-5-14(8)2)11-9(16(17)18)3-4-10(12)13-11/h3-4,8H,5-7H2,1-2H3,(H2,12,13). The molecule has 7 nitrogen and oxygen atoms in total. The Balaban J connectivity index is 2.32. The van der Waals surface area contributed by atoms with E-state index >= 15 is 0 Å². The minimum absolute atomic E-state index is 0.0148. The van der Waals surface area contributed by atoms with Gasteiger partial charge in [0, 0.05) is 31.7 Å². The molecule has 0 amide bonds. The highest BCUT2D eigenvalue weighted by molar-refractivity contribution is 5.61. The highest BCUT2D eigenvalue weighted by Crippen LogP contribution is 2.28. The van der Waals surface area contributed by atoms with Crippen molar-refractivity contribution < 1.29 is 4.92 Å². The van der Waals surface area contributed by atoms with Crippen LogP contribution in [0.2, 0.25) is 0 Å². The molecular weight excluding hydrogens is 234 g/mol. The second kappa shape index (κ2) is 4.77. The van der Waals surface area contributed by atoms with Gasteiger partial charge in [0.2, 0.25) is 5.82 Å². The molecular formula is C11H17N5O2. The van der Waals surface area contributed by atoms with Crippen LogP contribution < -0.4 is 10.6 Å². The van der Waals surface area contributed by atoms with Gasteiger partial charge < -0.3 is 15.5 Å². The summed E-state index contributed by atoms with van der Waals surface area (Å²) in [6.45, 7) is 4.38. The number of rotatable bonds is 2. The van der Waals surface area contributed by atoms with Gasteiger partial charge in [-0.05, 0) is 20.0 Å². The summed E-state index contributed by atoms with van der Waals surface area (Å²) < 4.78 is 0. The average molecular weight is 251 g/mol. The smallest absolute Gasteiger partial charge is 0.311 e. The molecule has 0 aliphatic carbocycles. The van der Waals surface area contributed by atoms with Crippen molar-refractivity contribution in [1.29, 1.82) is 0 Å². The van der Waals surface area contributed by atoms with E-state index in [9.17, 15) is 10.1 Å². The Morgan fingerprint density at radius 3 is 2.83 bits per heavy atom. The molecule has 1 aromatic heterocycles. The maximum atomic E-state index is 11.0. The Morgan fingerprint density at radius 1 is 1.50 bits per heavy atom. The number of likely N-dealkylation sites (N-methyl/N-ethyl adjacent to an activating group) is 1. The molecule has 2 heterocycles. The van der Waals surface area contributed by atoms with Crippen LogP contribution in [0.5, 0.6) is 0 Å². The molecule has 2 N–H and O–H groups in total. The second-order valence-electron chi connectivity index (χ2n) is 4.61. The van der Waals surface area contributed by atoms with E-state index in [1.54, 1.807) is 0 Å². The van der Waals surface area contributed by atoms with Gasteiger partial charge in [0.25, 0.3) is 0 Å². The first-order valence-electron chi connectivity index (χ1n) is 5.85. The Hall–Kier alpha value is -1.89. The van der Waals surface area contributed by atoms with Gasteiger partial charge in [0.15, 0.2) is 0 Å². The Labute approximate surface area is 105 Å². The third-order valence-electron chi connectivity index (χ3n) is 3.33. The van der Waals surface area contributed by atoms with Gasteiger partial charge in [0.05, 0.1) is 4.92 Å². The van der Waals surface area contributed by atoms with Crippen LogP contribution in [-0.4, -0.2) is 47.5 Å². The minimum atomic E-state index is -0.412. The van der Waals surface area contributed by atoms with Crippen LogP contribution in [0.3, 0.4) is 0 Å². The maximum Gasteiger partial charge on any atom is 0.311 e. The van der Waals surface area contributed by atoms with E-state index in [1.165, 1.54) is 12.1 Å². The van der Waals surface area contributed by atoms with Crippen molar-refractivity contribution in [3.63, 3.8) is 0 Å². The fourth-order valence-corrected chi connectivity index (χ4v) is 2.07. The largest absolute Gasteiger partial charge is 0.384 e. The van der Waals surface area contributed by atoms with Gasteiger partial charge in [0.1, 0.15) is 5.82 Å². The van der Waals surface area contributed by atoms with Crippen molar-refractivity contribution in [3.8, 4) is 0 Å². The minimum Gasteiger partial charge on any atom is -0.384 e. The Bertz CT molecular complexity index is 465. The lowest BCUT2D eigenvalue weighted by atomic mass is 10.2. The molecule has 0 bridgehead atoms. The van der Waals surface area contributed by atoms with Gasteiger partial charge in [-0.3, -0.25) is 10.1 Å². The second-order valence-corrected chi connectivity index (χ2v) is 4.61. The molecule has 0 saturated carbocycles. The number of nitrogen functional groups attached to an aromatic ring is 1. The van der Waals surface area contributed by atoms with Crippen LogP contribution in [0.1, 0.15) is 6.92 Å². The monoisotopic (exact) mass is 251 g/mol. The maximum absolute atomic E-state index is 11.0. The zero-order chi connectivity index (χ0) is 13.3. The van der Waals surface area contributed by atoms with Crippen LogP contribution >= 0.6 is 0 Å². The van der Waals surface area contributed by atoms with E-state index in [0.717, 1.165) is 13.1 Å². The zero-order valence-electron chi connectivity index (χ0n) is 10.5. The summed E-state index contributed by atoms with van der Waals surface area (Å²) in [7, 11) is 2.04. The molecule has 1 aromatic rings. The van der Waals surface area contributed by atoms with E-state index in [2.05, 4.69) is 16.8 Å². The normalized spacial score (nSPS) is 21.0. The summed E-state index contributed by atoms with van der Waals surface area (Å²) >= 11 is 0. The van der Waals surface area contributed by atoms with E-state index < -0.39 is 4.92 Å². The highest BCUT2D eigenvalue weighted by Gasteiger charge is 2.27. The molecule has 1 aliphatic heterocycles. The first-order chi connectivity index (χ1) is 8.49. The van der Waals surface area contributed by atoms with Gasteiger partial charge in [-0.25, -0.2) is 4.98 Å². The lowest BCUT2D eigenvalue weighted by molar-refractivity contribution is -0.384. The molecule has 1 atom stereocenters. The summed E-state index contributed by atoms with van der Waals surface area (Å²) in [4.78, 5) is 18.9. The summed E-state index contributed by atoms with van der Waals surface area (Å²) in [5.74, 6) is 0.683. The molecule has 98 valence electrons. The van der Waals surface area contributed by atoms with Gasteiger partial charge in [-0.2, -0.15) is 0 Å². The number of piperazine rings is 1. The molecule has 1 unspecified atom stereocenters. The lowest BCUT2D eigenvalue weighted by Gasteiger charge is -2.38. The van der Waals surface area contributed by atoms with E-state index in [-0.39, 0.29) is 5.69 Å². The van der Waals surface area contributed by atoms with Crippen molar-refractivity contribution in [1.82, 2.24) is 9.88 Å². The number of aromatic nitrogens is 1. The number of nitrogens with two attached hydrogens (primary N) is 1. The van der Waals surface area contributed by atoms with Crippen LogP contribution in [0.15, 0.2) is 12.1 Å². The predicted molar refractivity (Wildman–Crippen MR) is 69.6 cm³/mol. The zero-order valence-corrected chi connectivity index (χ0v) is 10.5. The summed E-state index contributed by atoms with van der Waals surface area (Å²) in [5.41, 5.74) is 5.64. The fourth-order valence-electron chi connectivity index (χ4n) is 2.07. The number of nitrogens with zero attached hydrogens (tertiary/aromatic N) is 4. The van der Waals surface area contributed by atoms with Crippen LogP contribution in [0.25, 0.3) is 0 Å². The van der Waals surface area contributed by atoms with Crippen molar-refractivity contribution in [2.24, 2.45) is 0 Å². The number of hydrogen-bond acceptors (Lipinski definition) is 6. The van der Waals surface area contributed by atoms with Crippen LogP contribution in [0, 0.1) is 10.1 Å². The highest BCUT2D eigenvalue weighted by atomic mass is 16.6. The molecule has 1 aliphatic rings. The van der Waals surface area contributed by atoms with Crippen molar-refractivity contribution in [2.45, 2.75) is 13.0 Å². The molecule has 1 saturated heterocycles. The Morgan fingerprint density at radius 2 is 2.22 bits per heavy atom. The van der Waals surface area contributed by atoms with Crippen LogP contribution in [0.4, 0.5) is 17.3 Å². The Kier molecular flexibility index (Phi) is 3.33. The number of pyridine rings is 1. The predicted octanol–water partition coefficient (Wildman–Crippen LogP) is 0.712. The average Bonchev–Trinajstić information content (AvgIpc) is 2.32. The summed E-state index contributed by atoms with van der Waals surface area (Å²) in [5, 5.41) is 11.0. The number of hydrogen-bond donors (Lipinski definition) is 1. The molecule has 0 spiro atoms. The van der Waals surface area contributed by atoms with Crippen molar-refractivity contribution in [2.75, 3.05) is 37.3 Å². The van der Waals surface area contributed by atoms with Crippen molar-refractivity contribution in [3.05, 3.63) is 22.2 Å². The SMILES string of the molecule is CC1CN(c2nc(N)ccc2[N+](=O)[O-])CCN1C. The molecule has 2 rings (SSSR count). The fraction of sp³-hybridized carbons (Fsp3) is 0.545. The van der Waals surface area contributed by atoms with Gasteiger partial charge in [-0.1, -0.05) is 0 Å². The number of anilines is 2. The van der Waals surface area contributed by atoms with Gasteiger partial charge >= 0.3 is 5.69 Å². The van der Waals surface area contributed by atoms with E-state index in [1.807, 2.05) is 11.9 Å². The topological polar surface area (TPSA) is 88.5 Å². The first-order valence-corrected chi connectivity index (χ1v) is 5.85. The summed E-state index contributed by atoms with van der Waals surface area (Å²) in [6, 6.07) is 3.21. The first kappa shape index (κ1) is 12.6. The van der Waals surface area contributed by atoms with Crippen LogP contribution in [-0.2, 0) is 0 Å². The summed E-state index contributed by atoms with van der Waals surface area (Å²) in [6.07, 6.45) is 0. The third-order valence-corrected chi connectivity index (χ3v) is 3.33. The lowest BCUT2D eigenvalue weighted by Crippen LogP contribution is -2.50. The molecule has 0 radical (unpaired) electrons. The molecule has 7 heteroatoms. The van der Waals surface area contributed by atoms with E-state index in [0.29, 0.717) is 24.2 Å². The molecule has 18 heavy (non-hydrogen) atoms.